The number of para-hydroxylation sites is 1. The monoisotopic (exact) mass is 522 g/mol. The van der Waals surface area contributed by atoms with Gasteiger partial charge in [0, 0.05) is 38.5 Å². The van der Waals surface area contributed by atoms with Crippen molar-refractivity contribution in [2.45, 2.75) is 43.0 Å². The van der Waals surface area contributed by atoms with E-state index in [0.717, 1.165) is 31.4 Å². The van der Waals surface area contributed by atoms with Crippen LogP contribution in [0.3, 0.4) is 0 Å². The topological polar surface area (TPSA) is 59.1 Å². The van der Waals surface area contributed by atoms with Crippen LogP contribution in [-0.2, 0) is 14.8 Å². The molecule has 1 saturated carbocycles. The van der Waals surface area contributed by atoms with Gasteiger partial charge in [-0.2, -0.15) is 4.31 Å². The van der Waals surface area contributed by atoms with Crippen molar-refractivity contribution in [1.29, 1.82) is 0 Å². The smallest absolute Gasteiger partial charge is 0.245 e. The minimum atomic E-state index is -3.68. The Balaban J connectivity index is 1.84. The first-order valence-corrected chi connectivity index (χ1v) is 13.4. The lowest BCUT2D eigenvalue weighted by Crippen LogP contribution is -2.46. The first kappa shape index (κ1) is 23.5. The van der Waals surface area contributed by atoms with Crippen molar-refractivity contribution in [3.05, 3.63) is 46.9 Å². The maximum Gasteiger partial charge on any atom is 0.245 e. The molecule has 0 saturated heterocycles. The molecule has 1 aliphatic carbocycles. The Labute approximate surface area is 199 Å². The molecule has 2 aromatic carbocycles. The van der Waals surface area contributed by atoms with Gasteiger partial charge in [0.2, 0.25) is 10.0 Å². The molecule has 4 rings (SSSR count). The number of benzene rings is 2. The molecule has 2 aliphatic rings. The number of nitrogens with zero attached hydrogens (tertiary/aromatic N) is 2. The van der Waals surface area contributed by atoms with Gasteiger partial charge >= 0.3 is 0 Å². The molecule has 1 fully saturated rings. The van der Waals surface area contributed by atoms with Crippen molar-refractivity contribution in [3.8, 4) is 5.75 Å². The van der Waals surface area contributed by atoms with Crippen LogP contribution in [0.2, 0.25) is 0 Å². The first-order valence-electron chi connectivity index (χ1n) is 11.2. The van der Waals surface area contributed by atoms with Gasteiger partial charge in [0.25, 0.3) is 0 Å². The van der Waals surface area contributed by atoms with Gasteiger partial charge in [-0.15, -0.1) is 0 Å². The minimum Gasteiger partial charge on any atom is -0.490 e. The van der Waals surface area contributed by atoms with Gasteiger partial charge in [0.15, 0.2) is 0 Å². The molecule has 1 aliphatic heterocycles. The molecule has 0 amide bonds. The van der Waals surface area contributed by atoms with Gasteiger partial charge in [0.05, 0.1) is 16.8 Å². The molecule has 1 heterocycles. The third-order valence-corrected chi connectivity index (χ3v) is 9.14. The van der Waals surface area contributed by atoms with E-state index in [4.69, 9.17) is 9.47 Å². The number of anilines is 2. The van der Waals surface area contributed by atoms with E-state index in [-0.39, 0.29) is 6.04 Å². The summed E-state index contributed by atoms with van der Waals surface area (Å²) in [6.07, 6.45) is 5.70. The fraction of sp³-hybridized carbons (Fsp3) is 0.500. The highest BCUT2D eigenvalue weighted by Crippen LogP contribution is 2.44. The quantitative estimate of drug-likeness (QED) is 0.488. The summed E-state index contributed by atoms with van der Waals surface area (Å²) in [5, 5.41) is 0. The summed E-state index contributed by atoms with van der Waals surface area (Å²) >= 11 is 3.53. The van der Waals surface area contributed by atoms with Crippen LogP contribution in [0.1, 0.15) is 32.1 Å². The molecule has 32 heavy (non-hydrogen) atoms. The van der Waals surface area contributed by atoms with Crippen LogP contribution in [0, 0.1) is 5.92 Å². The van der Waals surface area contributed by atoms with Gasteiger partial charge in [-0.05, 0) is 52.9 Å². The van der Waals surface area contributed by atoms with E-state index in [9.17, 15) is 8.42 Å². The number of likely N-dealkylation sites (N-methyl/N-ethyl adjacent to an activating group) is 1. The average Bonchev–Trinajstić information content (AvgIpc) is 2.89. The van der Waals surface area contributed by atoms with E-state index in [1.165, 1.54) is 6.42 Å². The molecule has 0 spiro atoms. The Morgan fingerprint density at radius 3 is 2.47 bits per heavy atom. The Kier molecular flexibility index (Phi) is 7.44. The highest BCUT2D eigenvalue weighted by Gasteiger charge is 2.41. The van der Waals surface area contributed by atoms with E-state index < -0.39 is 10.0 Å². The molecule has 0 radical (unpaired) electrons. The number of hydrogen-bond acceptors (Lipinski definition) is 5. The van der Waals surface area contributed by atoms with E-state index >= 15 is 0 Å². The summed E-state index contributed by atoms with van der Waals surface area (Å²) in [6, 6.07) is 13.5. The van der Waals surface area contributed by atoms with Crippen molar-refractivity contribution in [3.63, 3.8) is 0 Å². The summed E-state index contributed by atoms with van der Waals surface area (Å²) in [5.74, 6) is 0.959. The molecule has 0 N–H and O–H groups in total. The Hall–Kier alpha value is -1.61. The van der Waals surface area contributed by atoms with Crippen molar-refractivity contribution < 1.29 is 17.9 Å². The van der Waals surface area contributed by atoms with Crippen LogP contribution < -0.4 is 9.64 Å². The molecule has 1 atom stereocenters. The summed E-state index contributed by atoms with van der Waals surface area (Å²) < 4.78 is 40.8. The Morgan fingerprint density at radius 2 is 1.78 bits per heavy atom. The molecular formula is C24H31BrN2O4S. The minimum absolute atomic E-state index is 0.0930. The number of fused-ring (bicyclic) bond motifs is 1. The van der Waals surface area contributed by atoms with E-state index in [1.54, 1.807) is 24.5 Å². The molecule has 0 aromatic heterocycles. The molecular weight excluding hydrogens is 492 g/mol. The molecule has 0 unspecified atom stereocenters. The standard InChI is InChI=1S/C24H31BrN2O4S/c1-26-22(18-9-5-3-6-10-18)17-27(19-11-7-4-8-12-19)21-16-23(31-14-13-30-2)20(25)15-24(21)32(26,28)29/h4,7-8,11-12,15-16,18,22H,3,5-6,9-10,13-14,17H2,1-2H3/t22-/m0/s1. The van der Waals surface area contributed by atoms with Crippen LogP contribution in [0.25, 0.3) is 0 Å². The zero-order chi connectivity index (χ0) is 22.7. The highest BCUT2D eigenvalue weighted by molar-refractivity contribution is 9.10. The molecule has 174 valence electrons. The maximum atomic E-state index is 13.8. The highest BCUT2D eigenvalue weighted by atomic mass is 79.9. The lowest BCUT2D eigenvalue weighted by Gasteiger charge is -2.36. The van der Waals surface area contributed by atoms with Gasteiger partial charge in [-0.3, -0.25) is 0 Å². The van der Waals surface area contributed by atoms with Crippen LogP contribution in [0.4, 0.5) is 11.4 Å². The van der Waals surface area contributed by atoms with Crippen molar-refractivity contribution in [2.75, 3.05) is 38.8 Å². The summed E-state index contributed by atoms with van der Waals surface area (Å²) in [7, 11) is -0.314. The van der Waals surface area contributed by atoms with Crippen LogP contribution in [0.15, 0.2) is 51.8 Å². The van der Waals surface area contributed by atoms with Gasteiger partial charge in [0.1, 0.15) is 17.3 Å². The molecule has 0 bridgehead atoms. The zero-order valence-electron chi connectivity index (χ0n) is 18.7. The summed E-state index contributed by atoms with van der Waals surface area (Å²) in [5.41, 5.74) is 1.63. The van der Waals surface area contributed by atoms with E-state index in [2.05, 4.69) is 20.8 Å². The predicted octanol–water partition coefficient (Wildman–Crippen LogP) is 5.20. The maximum absolute atomic E-state index is 13.8. The fourth-order valence-electron chi connectivity index (χ4n) is 4.84. The summed E-state index contributed by atoms with van der Waals surface area (Å²) in [6.45, 7) is 1.45. The third-order valence-electron chi connectivity index (χ3n) is 6.60. The number of halogens is 1. The Bertz CT molecular complexity index is 1030. The van der Waals surface area contributed by atoms with Crippen LogP contribution in [0.5, 0.6) is 5.75 Å². The van der Waals surface area contributed by atoms with Crippen molar-refractivity contribution >= 4 is 37.3 Å². The number of methoxy groups -OCH3 is 1. The Morgan fingerprint density at radius 1 is 1.06 bits per heavy atom. The summed E-state index contributed by atoms with van der Waals surface area (Å²) in [4.78, 5) is 2.44. The zero-order valence-corrected chi connectivity index (χ0v) is 21.1. The van der Waals surface area contributed by atoms with Crippen LogP contribution >= 0.6 is 15.9 Å². The van der Waals surface area contributed by atoms with Gasteiger partial charge < -0.3 is 14.4 Å². The first-order chi connectivity index (χ1) is 15.4. The fourth-order valence-corrected chi connectivity index (χ4v) is 7.05. The molecule has 8 heteroatoms. The normalized spacial score (nSPS) is 21.7. The molecule has 2 aromatic rings. The third kappa shape index (κ3) is 4.69. The van der Waals surface area contributed by atoms with Gasteiger partial charge in [-0.1, -0.05) is 37.5 Å². The lowest BCUT2D eigenvalue weighted by atomic mass is 9.83. The second kappa shape index (κ2) is 10.1. The number of hydrogen-bond donors (Lipinski definition) is 0. The average molecular weight is 523 g/mol. The van der Waals surface area contributed by atoms with E-state index in [1.807, 2.05) is 36.4 Å². The lowest BCUT2D eigenvalue weighted by molar-refractivity contribution is 0.146. The SMILES string of the molecule is COCCOc1cc2c(cc1Br)S(=O)(=O)N(C)[C@H](C1CCCCC1)CN2c1ccccc1. The van der Waals surface area contributed by atoms with E-state index in [0.29, 0.717) is 46.5 Å². The number of rotatable bonds is 6. The van der Waals surface area contributed by atoms with Gasteiger partial charge in [-0.25, -0.2) is 8.42 Å². The second-order valence-corrected chi connectivity index (χ2v) is 11.3. The largest absolute Gasteiger partial charge is 0.490 e. The number of sulfonamides is 1. The predicted molar refractivity (Wildman–Crippen MR) is 130 cm³/mol. The second-order valence-electron chi connectivity index (χ2n) is 8.52. The molecule has 6 nitrogen and oxygen atoms in total. The number of ether oxygens (including phenoxy) is 2. The van der Waals surface area contributed by atoms with Crippen molar-refractivity contribution in [2.24, 2.45) is 5.92 Å². The van der Waals surface area contributed by atoms with Crippen LogP contribution in [-0.4, -0.2) is 52.7 Å². The van der Waals surface area contributed by atoms with Crippen molar-refractivity contribution in [1.82, 2.24) is 4.31 Å².